The first-order valence-electron chi connectivity index (χ1n) is 8.02. The Morgan fingerprint density at radius 3 is 2.36 bits per heavy atom. The largest absolute Gasteiger partial charge is 0.508 e. The summed E-state index contributed by atoms with van der Waals surface area (Å²) in [6.45, 7) is 0.477. The van der Waals surface area contributed by atoms with Crippen molar-refractivity contribution >= 4 is 17.7 Å². The molecule has 0 bridgehead atoms. The highest BCUT2D eigenvalue weighted by atomic mass is 32.2. The predicted molar refractivity (Wildman–Crippen MR) is 98.0 cm³/mol. The number of amides is 1. The van der Waals surface area contributed by atoms with Gasteiger partial charge in [-0.15, -0.1) is 11.8 Å². The lowest BCUT2D eigenvalue weighted by Gasteiger charge is -2.35. The number of carbonyl (C=O) groups is 1. The van der Waals surface area contributed by atoms with Crippen LogP contribution in [0.25, 0.3) is 0 Å². The van der Waals surface area contributed by atoms with Gasteiger partial charge in [-0.25, -0.2) is 0 Å². The fourth-order valence-corrected chi connectivity index (χ4v) is 4.10. The monoisotopic (exact) mass is 359 g/mol. The van der Waals surface area contributed by atoms with Crippen LogP contribution in [0, 0.1) is 0 Å². The lowest BCUT2D eigenvalue weighted by atomic mass is 10.1. The maximum absolute atomic E-state index is 12.6. The summed E-state index contributed by atoms with van der Waals surface area (Å²) in [4.78, 5) is 14.4. The van der Waals surface area contributed by atoms with Gasteiger partial charge >= 0.3 is 0 Å². The number of methoxy groups -OCH3 is 2. The summed E-state index contributed by atoms with van der Waals surface area (Å²) in [5.41, 5.74) is 1.96. The third-order valence-electron chi connectivity index (χ3n) is 4.14. The fourth-order valence-electron chi connectivity index (χ4n) is 2.86. The Labute approximate surface area is 151 Å². The number of thioether (sulfide) groups is 1. The number of carbonyl (C=O) groups excluding carboxylic acids is 1. The van der Waals surface area contributed by atoms with Crippen LogP contribution in [0.1, 0.15) is 22.9 Å². The van der Waals surface area contributed by atoms with E-state index in [1.807, 2.05) is 35.2 Å². The summed E-state index contributed by atoms with van der Waals surface area (Å²) in [5, 5.41) is 9.44. The van der Waals surface area contributed by atoms with E-state index in [0.717, 1.165) is 16.9 Å². The first-order chi connectivity index (χ1) is 12.1. The second-order valence-corrected chi connectivity index (χ2v) is 7.00. The molecule has 1 N–H and O–H groups in total. The number of rotatable bonds is 5. The molecule has 25 heavy (non-hydrogen) atoms. The van der Waals surface area contributed by atoms with Crippen molar-refractivity contribution in [2.24, 2.45) is 0 Å². The van der Waals surface area contributed by atoms with Crippen LogP contribution in [0.2, 0.25) is 0 Å². The van der Waals surface area contributed by atoms with Crippen molar-refractivity contribution in [3.63, 3.8) is 0 Å². The zero-order valence-corrected chi connectivity index (χ0v) is 15.1. The lowest BCUT2D eigenvalue weighted by molar-refractivity contribution is -0.132. The van der Waals surface area contributed by atoms with E-state index >= 15 is 0 Å². The number of phenols is 1. The molecular weight excluding hydrogens is 338 g/mol. The molecule has 1 atom stereocenters. The molecule has 1 heterocycles. The topological polar surface area (TPSA) is 59.0 Å². The highest BCUT2D eigenvalue weighted by Crippen LogP contribution is 2.39. The van der Waals surface area contributed by atoms with E-state index in [9.17, 15) is 9.90 Å². The van der Waals surface area contributed by atoms with Gasteiger partial charge in [0.1, 0.15) is 22.6 Å². The number of aromatic hydroxyl groups is 1. The van der Waals surface area contributed by atoms with Crippen LogP contribution in [-0.2, 0) is 11.3 Å². The minimum Gasteiger partial charge on any atom is -0.508 e. The van der Waals surface area contributed by atoms with Gasteiger partial charge in [0.25, 0.3) is 0 Å². The van der Waals surface area contributed by atoms with Crippen LogP contribution in [0.15, 0.2) is 42.5 Å². The van der Waals surface area contributed by atoms with E-state index in [0.29, 0.717) is 24.5 Å². The van der Waals surface area contributed by atoms with Gasteiger partial charge in [0.2, 0.25) is 5.91 Å². The number of benzene rings is 2. The Morgan fingerprint density at radius 2 is 1.76 bits per heavy atom. The summed E-state index contributed by atoms with van der Waals surface area (Å²) in [5.74, 6) is 2.54. The van der Waals surface area contributed by atoms with E-state index in [-0.39, 0.29) is 17.0 Å². The molecule has 1 aliphatic rings. The van der Waals surface area contributed by atoms with Crippen molar-refractivity contribution in [2.45, 2.75) is 18.3 Å². The molecule has 0 spiro atoms. The normalized spacial score (nSPS) is 17.4. The fraction of sp³-hybridized carbons (Fsp3) is 0.316. The molecule has 2 aromatic rings. The smallest absolute Gasteiger partial charge is 0.224 e. The quantitative estimate of drug-likeness (QED) is 0.884. The second kappa shape index (κ2) is 7.70. The van der Waals surface area contributed by atoms with Crippen molar-refractivity contribution in [1.82, 2.24) is 4.90 Å². The SMILES string of the molecule is COc1cc(CN2C(=O)CCSC2c2ccc(O)cc2)cc(OC)c1. The highest BCUT2D eigenvalue weighted by Gasteiger charge is 2.30. The summed E-state index contributed by atoms with van der Waals surface area (Å²) in [6, 6.07) is 12.7. The van der Waals surface area contributed by atoms with E-state index in [2.05, 4.69) is 0 Å². The molecule has 1 fully saturated rings. The van der Waals surface area contributed by atoms with Crippen molar-refractivity contribution in [3.8, 4) is 17.2 Å². The maximum Gasteiger partial charge on any atom is 0.224 e. The molecule has 2 aromatic carbocycles. The van der Waals surface area contributed by atoms with E-state index < -0.39 is 0 Å². The van der Waals surface area contributed by atoms with Crippen molar-refractivity contribution in [3.05, 3.63) is 53.6 Å². The third kappa shape index (κ3) is 4.02. The molecule has 132 valence electrons. The van der Waals surface area contributed by atoms with Crippen LogP contribution in [0.3, 0.4) is 0 Å². The summed E-state index contributed by atoms with van der Waals surface area (Å²) >= 11 is 1.73. The summed E-state index contributed by atoms with van der Waals surface area (Å²) < 4.78 is 10.6. The molecule has 1 aliphatic heterocycles. The van der Waals surface area contributed by atoms with Crippen molar-refractivity contribution in [2.75, 3.05) is 20.0 Å². The first-order valence-corrected chi connectivity index (χ1v) is 9.07. The van der Waals surface area contributed by atoms with Gasteiger partial charge in [0, 0.05) is 24.8 Å². The van der Waals surface area contributed by atoms with Crippen LogP contribution < -0.4 is 9.47 Å². The molecule has 6 heteroatoms. The van der Waals surface area contributed by atoms with Crippen molar-refractivity contribution < 1.29 is 19.4 Å². The van der Waals surface area contributed by atoms with E-state index in [4.69, 9.17) is 9.47 Å². The average Bonchev–Trinajstić information content (AvgIpc) is 2.64. The van der Waals surface area contributed by atoms with Crippen LogP contribution in [0.4, 0.5) is 0 Å². The minimum atomic E-state index is -0.0703. The van der Waals surface area contributed by atoms with E-state index in [1.165, 1.54) is 0 Å². The van der Waals surface area contributed by atoms with Gasteiger partial charge in [0.05, 0.1) is 14.2 Å². The molecule has 3 rings (SSSR count). The number of ether oxygens (including phenoxy) is 2. The molecule has 5 nitrogen and oxygen atoms in total. The van der Waals surface area contributed by atoms with Crippen LogP contribution in [0.5, 0.6) is 17.2 Å². The van der Waals surface area contributed by atoms with Crippen molar-refractivity contribution in [1.29, 1.82) is 0 Å². The van der Waals surface area contributed by atoms with Gasteiger partial charge in [-0.3, -0.25) is 4.79 Å². The standard InChI is InChI=1S/C19H21NO4S/c1-23-16-9-13(10-17(11-16)24-2)12-20-18(22)7-8-25-19(20)14-3-5-15(21)6-4-14/h3-6,9-11,19,21H,7-8,12H2,1-2H3. The summed E-state index contributed by atoms with van der Waals surface area (Å²) in [7, 11) is 3.22. The first kappa shape index (κ1) is 17.5. The lowest BCUT2D eigenvalue weighted by Crippen LogP contribution is -2.36. The Bertz CT molecular complexity index is 725. The van der Waals surface area contributed by atoms with Gasteiger partial charge in [-0.2, -0.15) is 0 Å². The Kier molecular flexibility index (Phi) is 5.38. The molecular formula is C19H21NO4S. The summed E-state index contributed by atoms with van der Waals surface area (Å²) in [6.07, 6.45) is 0.528. The Morgan fingerprint density at radius 1 is 1.12 bits per heavy atom. The molecule has 0 radical (unpaired) electrons. The number of hydrogen-bond acceptors (Lipinski definition) is 5. The van der Waals surface area contributed by atoms with Gasteiger partial charge < -0.3 is 19.5 Å². The van der Waals surface area contributed by atoms with Gasteiger partial charge in [0.15, 0.2) is 0 Å². The van der Waals surface area contributed by atoms with Crippen LogP contribution in [-0.4, -0.2) is 35.9 Å². The Balaban J connectivity index is 1.89. The molecule has 1 saturated heterocycles. The zero-order chi connectivity index (χ0) is 17.8. The minimum absolute atomic E-state index is 0.0703. The molecule has 0 aromatic heterocycles. The maximum atomic E-state index is 12.6. The molecule has 1 unspecified atom stereocenters. The molecule has 0 saturated carbocycles. The zero-order valence-electron chi connectivity index (χ0n) is 14.3. The third-order valence-corrected chi connectivity index (χ3v) is 5.42. The predicted octanol–water partition coefficient (Wildman–Crippen LogP) is 3.57. The molecule has 1 amide bonds. The molecule has 0 aliphatic carbocycles. The Hall–Kier alpha value is -2.34. The average molecular weight is 359 g/mol. The second-order valence-electron chi connectivity index (χ2n) is 5.81. The number of nitrogens with zero attached hydrogens (tertiary/aromatic N) is 1. The number of hydrogen-bond donors (Lipinski definition) is 1. The number of phenolic OH excluding ortho intramolecular Hbond substituents is 1. The highest BCUT2D eigenvalue weighted by molar-refractivity contribution is 7.99. The van der Waals surface area contributed by atoms with Gasteiger partial charge in [-0.05, 0) is 35.4 Å². The van der Waals surface area contributed by atoms with Gasteiger partial charge in [-0.1, -0.05) is 12.1 Å². The van der Waals surface area contributed by atoms with E-state index in [1.54, 1.807) is 38.1 Å². The van der Waals surface area contributed by atoms with Crippen LogP contribution >= 0.6 is 11.8 Å².